The molecule has 0 fully saturated rings. The summed E-state index contributed by atoms with van der Waals surface area (Å²) in [5, 5.41) is 24.0. The number of aromatic nitrogens is 5. The number of hydrogen-bond donors (Lipinski definition) is 3. The molecule has 0 unspecified atom stereocenters. The van der Waals surface area contributed by atoms with Crippen molar-refractivity contribution < 1.29 is 37.2 Å². The van der Waals surface area contributed by atoms with Crippen LogP contribution in [-0.4, -0.2) is 67.6 Å². The third-order valence-electron chi connectivity index (χ3n) is 7.86. The standard InChI is InChI=1S/C36H30F4N6O5/c37-25-15-24(16-26(48)17-25)34-33-28(41)18-42-19-30(33)46(44-34)21-31-43-29-9-3-6-22(7-4-11-50-13-14-51-12-10-47)32(29)35(49)45(31)20-23-5-1-2-8-27(23)36(38,39)40/h1-3,5-6,8-9,15-19,47-48H,10-14,20-21,41H2. The van der Waals surface area contributed by atoms with Crippen molar-refractivity contribution in [2.75, 3.05) is 38.8 Å². The van der Waals surface area contributed by atoms with Gasteiger partial charge in [0.1, 0.15) is 29.7 Å². The van der Waals surface area contributed by atoms with Gasteiger partial charge in [0.05, 0.1) is 85.0 Å². The van der Waals surface area contributed by atoms with Gasteiger partial charge in [-0.05, 0) is 35.9 Å². The number of benzene rings is 3. The molecule has 0 spiro atoms. The predicted octanol–water partition coefficient (Wildman–Crippen LogP) is 4.73. The summed E-state index contributed by atoms with van der Waals surface area (Å²) in [4.78, 5) is 23.3. The molecular formula is C36H30F4N6O5. The van der Waals surface area contributed by atoms with Crippen molar-refractivity contribution >= 4 is 27.5 Å². The summed E-state index contributed by atoms with van der Waals surface area (Å²) in [5.41, 5.74) is 6.08. The van der Waals surface area contributed by atoms with Crippen LogP contribution >= 0.6 is 0 Å². The van der Waals surface area contributed by atoms with E-state index in [1.54, 1.807) is 18.2 Å². The quantitative estimate of drug-likeness (QED) is 0.0990. The zero-order chi connectivity index (χ0) is 36.1. The van der Waals surface area contributed by atoms with E-state index in [1.165, 1.54) is 47.4 Å². The number of alkyl halides is 3. The number of aliphatic hydroxyl groups is 1. The lowest BCUT2D eigenvalue weighted by Crippen LogP contribution is -2.29. The maximum absolute atomic E-state index is 14.4. The van der Waals surface area contributed by atoms with Crippen LogP contribution in [0.1, 0.15) is 22.5 Å². The fourth-order valence-electron chi connectivity index (χ4n) is 5.65. The van der Waals surface area contributed by atoms with Gasteiger partial charge < -0.3 is 25.4 Å². The van der Waals surface area contributed by atoms with Gasteiger partial charge in [-0.1, -0.05) is 36.1 Å². The molecule has 6 aromatic rings. The first-order valence-corrected chi connectivity index (χ1v) is 15.6. The summed E-state index contributed by atoms with van der Waals surface area (Å²) in [6.07, 6.45) is -1.86. The zero-order valence-corrected chi connectivity index (χ0v) is 26.8. The average Bonchev–Trinajstić information content (AvgIpc) is 3.46. The van der Waals surface area contributed by atoms with Gasteiger partial charge >= 0.3 is 6.18 Å². The van der Waals surface area contributed by atoms with E-state index < -0.39 is 29.7 Å². The fraction of sp³-hybridized carbons (Fsp3) is 0.222. The predicted molar refractivity (Wildman–Crippen MR) is 180 cm³/mol. The molecule has 4 N–H and O–H groups in total. The van der Waals surface area contributed by atoms with E-state index in [-0.39, 0.29) is 84.6 Å². The first-order chi connectivity index (χ1) is 24.5. The van der Waals surface area contributed by atoms with Gasteiger partial charge in [-0.2, -0.15) is 18.3 Å². The Morgan fingerprint density at radius 3 is 2.53 bits per heavy atom. The first kappa shape index (κ1) is 35.0. The molecule has 0 amide bonds. The van der Waals surface area contributed by atoms with Crippen molar-refractivity contribution in [1.82, 2.24) is 24.3 Å². The minimum atomic E-state index is -4.70. The molecular weight excluding hydrogens is 672 g/mol. The number of phenolic OH excluding ortho intramolecular Hbond substituents is 1. The number of nitrogens with zero attached hydrogens (tertiary/aromatic N) is 5. The highest BCUT2D eigenvalue weighted by Gasteiger charge is 2.33. The van der Waals surface area contributed by atoms with Crippen molar-refractivity contribution in [3.63, 3.8) is 0 Å². The lowest BCUT2D eigenvalue weighted by molar-refractivity contribution is -0.138. The minimum absolute atomic E-state index is 0.00644. The Labute approximate surface area is 287 Å². The second kappa shape index (κ2) is 15.0. The number of aromatic hydroxyl groups is 1. The van der Waals surface area contributed by atoms with Gasteiger partial charge in [0.15, 0.2) is 0 Å². The Morgan fingerprint density at radius 2 is 1.75 bits per heavy atom. The molecule has 3 aromatic heterocycles. The average molecular weight is 703 g/mol. The molecule has 3 aromatic carbocycles. The molecule has 0 aliphatic rings. The molecule has 0 atom stereocenters. The normalized spacial score (nSPS) is 11.6. The third kappa shape index (κ3) is 7.68. The summed E-state index contributed by atoms with van der Waals surface area (Å²) in [6, 6.07) is 13.2. The molecule has 51 heavy (non-hydrogen) atoms. The highest BCUT2D eigenvalue weighted by atomic mass is 19.4. The Balaban J connectivity index is 1.48. The van der Waals surface area contributed by atoms with E-state index in [2.05, 4.69) is 21.9 Å². The Morgan fingerprint density at radius 1 is 0.941 bits per heavy atom. The van der Waals surface area contributed by atoms with Gasteiger partial charge in [0, 0.05) is 17.2 Å². The number of halogens is 4. The number of pyridine rings is 1. The van der Waals surface area contributed by atoms with E-state index in [1.807, 2.05) is 0 Å². The highest BCUT2D eigenvalue weighted by molar-refractivity contribution is 6.01. The van der Waals surface area contributed by atoms with Crippen molar-refractivity contribution in [1.29, 1.82) is 0 Å². The summed E-state index contributed by atoms with van der Waals surface area (Å²) in [7, 11) is 0. The summed E-state index contributed by atoms with van der Waals surface area (Å²) < 4.78 is 69.8. The van der Waals surface area contributed by atoms with Crippen molar-refractivity contribution in [2.24, 2.45) is 0 Å². The number of ether oxygens (including phenoxy) is 2. The third-order valence-corrected chi connectivity index (χ3v) is 7.86. The summed E-state index contributed by atoms with van der Waals surface area (Å²) in [6.45, 7) is -0.159. The summed E-state index contributed by atoms with van der Waals surface area (Å²) in [5.74, 6) is 4.74. The van der Waals surface area contributed by atoms with Crippen LogP contribution in [0.2, 0.25) is 0 Å². The van der Waals surface area contributed by atoms with Crippen LogP contribution in [0, 0.1) is 17.7 Å². The number of nitrogen functional groups attached to an aromatic ring is 1. The van der Waals surface area contributed by atoms with Crippen LogP contribution in [0.3, 0.4) is 0 Å². The molecule has 6 rings (SSSR count). The van der Waals surface area contributed by atoms with Crippen LogP contribution in [0.15, 0.2) is 77.9 Å². The molecule has 0 aliphatic carbocycles. The minimum Gasteiger partial charge on any atom is -0.508 e. The number of anilines is 1. The Hall–Kier alpha value is -5.82. The number of hydrogen-bond acceptors (Lipinski definition) is 9. The molecule has 11 nitrogen and oxygen atoms in total. The second-order valence-electron chi connectivity index (χ2n) is 11.3. The van der Waals surface area contributed by atoms with Gasteiger partial charge in [-0.25, -0.2) is 9.37 Å². The molecule has 0 saturated heterocycles. The van der Waals surface area contributed by atoms with Crippen molar-refractivity contribution in [3.05, 3.63) is 112 Å². The maximum Gasteiger partial charge on any atom is 0.416 e. The van der Waals surface area contributed by atoms with Crippen LogP contribution in [0.4, 0.5) is 23.2 Å². The highest BCUT2D eigenvalue weighted by Crippen LogP contribution is 2.35. The molecule has 0 saturated carbocycles. The Kier molecular flexibility index (Phi) is 10.3. The molecule has 0 radical (unpaired) electrons. The van der Waals surface area contributed by atoms with Gasteiger partial charge in [0.25, 0.3) is 5.56 Å². The smallest absolute Gasteiger partial charge is 0.416 e. The van der Waals surface area contributed by atoms with Crippen LogP contribution < -0.4 is 11.3 Å². The number of nitrogens with two attached hydrogens (primary N) is 1. The van der Waals surface area contributed by atoms with E-state index in [0.717, 1.165) is 16.7 Å². The number of fused-ring (bicyclic) bond motifs is 2. The van der Waals surface area contributed by atoms with Crippen LogP contribution in [0.5, 0.6) is 5.75 Å². The number of rotatable bonds is 11. The topological polar surface area (TPSA) is 151 Å². The molecule has 3 heterocycles. The fourth-order valence-corrected chi connectivity index (χ4v) is 5.65. The molecule has 15 heteroatoms. The van der Waals surface area contributed by atoms with Gasteiger partial charge in [-0.3, -0.25) is 19.0 Å². The molecule has 0 aliphatic heterocycles. The van der Waals surface area contributed by atoms with Crippen molar-refractivity contribution in [3.8, 4) is 28.8 Å². The summed E-state index contributed by atoms with van der Waals surface area (Å²) >= 11 is 0. The maximum atomic E-state index is 14.4. The van der Waals surface area contributed by atoms with E-state index >= 15 is 0 Å². The Bertz CT molecular complexity index is 2330. The van der Waals surface area contributed by atoms with Crippen LogP contribution in [-0.2, 0) is 28.7 Å². The SMILES string of the molecule is Nc1cncc2c1c(-c1cc(O)cc(F)c1)nn2Cc1nc2cccc(C#CCOCCOCCO)c2c(=O)n1Cc1ccccc1C(F)(F)F. The van der Waals surface area contributed by atoms with Gasteiger partial charge in [0.2, 0.25) is 0 Å². The van der Waals surface area contributed by atoms with E-state index in [4.69, 9.17) is 25.3 Å². The number of phenols is 1. The van der Waals surface area contributed by atoms with Crippen LogP contribution in [0.25, 0.3) is 33.1 Å². The van der Waals surface area contributed by atoms with Crippen molar-refractivity contribution in [2.45, 2.75) is 19.3 Å². The first-order valence-electron chi connectivity index (χ1n) is 15.6. The largest absolute Gasteiger partial charge is 0.508 e. The lowest BCUT2D eigenvalue weighted by atomic mass is 10.1. The molecule has 262 valence electrons. The number of aliphatic hydroxyl groups excluding tert-OH is 1. The van der Waals surface area contributed by atoms with Gasteiger partial charge in [-0.15, -0.1) is 0 Å². The molecule has 0 bridgehead atoms. The second-order valence-corrected chi connectivity index (χ2v) is 11.3. The van der Waals surface area contributed by atoms with E-state index in [9.17, 15) is 27.5 Å². The van der Waals surface area contributed by atoms with E-state index in [0.29, 0.717) is 16.5 Å². The lowest BCUT2D eigenvalue weighted by Gasteiger charge is -2.18. The monoisotopic (exact) mass is 702 g/mol. The zero-order valence-electron chi connectivity index (χ0n) is 26.8.